The van der Waals surface area contributed by atoms with Crippen LogP contribution in [0, 0.1) is 0 Å². The number of nitrogens with one attached hydrogen (secondary N) is 2. The maximum Gasteiger partial charge on any atom is 0.319 e. The number of hydrogen-bond acceptors (Lipinski definition) is 4. The molecule has 3 aromatic rings. The van der Waals surface area contributed by atoms with Gasteiger partial charge in [-0.3, -0.25) is 0 Å². The van der Waals surface area contributed by atoms with Crippen LogP contribution in [0.15, 0.2) is 51.6 Å². The third-order valence-corrected chi connectivity index (χ3v) is 4.22. The molecular weight excluding hydrogens is 348 g/mol. The monoisotopic (exact) mass is 362 g/mol. The summed E-state index contributed by atoms with van der Waals surface area (Å²) in [6.45, 7) is 0.277. The highest BCUT2D eigenvalue weighted by molar-refractivity contribution is 7.08. The summed E-state index contributed by atoms with van der Waals surface area (Å²) in [6, 6.07) is 10.4. The standard InChI is InChI=1S/C17H15ClN2O3S/c1-22-16-4-2-12(18)8-14(16)20-17(21)19-9-13-3-5-15(23-13)11-6-7-24-10-11/h2-8,10H,9H2,1H3,(H2,19,20,21). The summed E-state index contributed by atoms with van der Waals surface area (Å²) in [5.74, 6) is 1.99. The maximum absolute atomic E-state index is 12.0. The number of methoxy groups -OCH3 is 1. The van der Waals surface area contributed by atoms with Gasteiger partial charge in [0.2, 0.25) is 0 Å². The third kappa shape index (κ3) is 3.90. The van der Waals surface area contributed by atoms with Gasteiger partial charge in [-0.05, 0) is 41.8 Å². The van der Waals surface area contributed by atoms with Crippen molar-refractivity contribution in [3.8, 4) is 17.1 Å². The van der Waals surface area contributed by atoms with Crippen LogP contribution in [-0.2, 0) is 6.54 Å². The van der Waals surface area contributed by atoms with Gasteiger partial charge in [0.15, 0.2) is 0 Å². The first kappa shape index (κ1) is 16.4. The Labute approximate surface area is 148 Å². The summed E-state index contributed by atoms with van der Waals surface area (Å²) in [5, 5.41) is 9.95. The number of halogens is 1. The predicted octanol–water partition coefficient (Wildman–Crippen LogP) is 4.99. The summed E-state index contributed by atoms with van der Waals surface area (Å²) in [7, 11) is 1.53. The number of ether oxygens (including phenoxy) is 1. The van der Waals surface area contributed by atoms with Gasteiger partial charge in [-0.15, -0.1) is 0 Å². The van der Waals surface area contributed by atoms with Gasteiger partial charge in [-0.2, -0.15) is 11.3 Å². The lowest BCUT2D eigenvalue weighted by atomic mass is 10.3. The molecule has 2 aromatic heterocycles. The van der Waals surface area contributed by atoms with E-state index in [0.717, 1.165) is 11.3 Å². The number of carbonyl (C=O) groups is 1. The van der Waals surface area contributed by atoms with Crippen molar-refractivity contribution in [2.75, 3.05) is 12.4 Å². The van der Waals surface area contributed by atoms with E-state index >= 15 is 0 Å². The first-order chi connectivity index (χ1) is 11.7. The van der Waals surface area contributed by atoms with Gasteiger partial charge in [-0.1, -0.05) is 11.6 Å². The minimum atomic E-state index is -0.371. The molecule has 0 radical (unpaired) electrons. The molecule has 0 aliphatic carbocycles. The van der Waals surface area contributed by atoms with Crippen molar-refractivity contribution in [2.45, 2.75) is 6.54 Å². The largest absolute Gasteiger partial charge is 0.495 e. The first-order valence-electron chi connectivity index (χ1n) is 7.15. The Morgan fingerprint density at radius 2 is 2.17 bits per heavy atom. The average Bonchev–Trinajstić information content (AvgIpc) is 3.24. The van der Waals surface area contributed by atoms with Crippen LogP contribution in [0.2, 0.25) is 5.02 Å². The molecule has 1 aromatic carbocycles. The molecule has 0 saturated heterocycles. The normalized spacial score (nSPS) is 10.4. The van der Waals surface area contributed by atoms with E-state index in [1.54, 1.807) is 29.5 Å². The number of furan rings is 1. The molecule has 124 valence electrons. The van der Waals surface area contributed by atoms with Crippen LogP contribution in [0.1, 0.15) is 5.76 Å². The molecule has 0 spiro atoms. The zero-order chi connectivity index (χ0) is 16.9. The Balaban J connectivity index is 1.59. The van der Waals surface area contributed by atoms with Gasteiger partial charge in [-0.25, -0.2) is 4.79 Å². The van der Waals surface area contributed by atoms with Crippen molar-refractivity contribution in [1.29, 1.82) is 0 Å². The maximum atomic E-state index is 12.0. The second-order valence-electron chi connectivity index (χ2n) is 4.93. The van der Waals surface area contributed by atoms with Gasteiger partial charge in [0, 0.05) is 16.0 Å². The summed E-state index contributed by atoms with van der Waals surface area (Å²) in [4.78, 5) is 12.0. The molecule has 7 heteroatoms. The van der Waals surface area contributed by atoms with E-state index in [1.807, 2.05) is 29.0 Å². The van der Waals surface area contributed by atoms with Crippen molar-refractivity contribution in [3.05, 3.63) is 57.9 Å². The summed E-state index contributed by atoms with van der Waals surface area (Å²) in [6.07, 6.45) is 0. The van der Waals surface area contributed by atoms with Gasteiger partial charge in [0.25, 0.3) is 0 Å². The van der Waals surface area contributed by atoms with Crippen LogP contribution in [0.4, 0.5) is 10.5 Å². The Hall–Kier alpha value is -2.44. The van der Waals surface area contributed by atoms with Crippen molar-refractivity contribution < 1.29 is 13.9 Å². The van der Waals surface area contributed by atoms with E-state index in [1.165, 1.54) is 7.11 Å². The number of urea groups is 1. The molecular formula is C17H15ClN2O3S. The lowest BCUT2D eigenvalue weighted by Gasteiger charge is -2.11. The van der Waals surface area contributed by atoms with Crippen molar-refractivity contribution in [3.63, 3.8) is 0 Å². The van der Waals surface area contributed by atoms with Crippen LogP contribution in [0.3, 0.4) is 0 Å². The Bertz CT molecular complexity index is 830. The number of anilines is 1. The molecule has 2 heterocycles. The second kappa shape index (κ2) is 7.42. The quantitative estimate of drug-likeness (QED) is 0.671. The van der Waals surface area contributed by atoms with Crippen LogP contribution < -0.4 is 15.4 Å². The van der Waals surface area contributed by atoms with Gasteiger partial charge >= 0.3 is 6.03 Å². The molecule has 0 unspecified atom stereocenters. The molecule has 2 amide bonds. The number of thiophene rings is 1. The molecule has 0 fully saturated rings. The average molecular weight is 363 g/mol. The molecule has 0 saturated carbocycles. The fraction of sp³-hybridized carbons (Fsp3) is 0.118. The topological polar surface area (TPSA) is 63.5 Å². The van der Waals surface area contributed by atoms with Crippen molar-refractivity contribution in [2.24, 2.45) is 0 Å². The molecule has 24 heavy (non-hydrogen) atoms. The highest BCUT2D eigenvalue weighted by Crippen LogP contribution is 2.27. The molecule has 2 N–H and O–H groups in total. The molecule has 0 aliphatic rings. The molecule has 0 aliphatic heterocycles. The van der Waals surface area contributed by atoms with E-state index in [9.17, 15) is 4.79 Å². The highest BCUT2D eigenvalue weighted by atomic mass is 35.5. The smallest absolute Gasteiger partial charge is 0.319 e. The Morgan fingerprint density at radius 3 is 2.92 bits per heavy atom. The molecule has 0 atom stereocenters. The number of benzene rings is 1. The summed E-state index contributed by atoms with van der Waals surface area (Å²) >= 11 is 7.55. The van der Waals surface area contributed by atoms with E-state index in [2.05, 4.69) is 10.6 Å². The van der Waals surface area contributed by atoms with Crippen LogP contribution in [0.5, 0.6) is 5.75 Å². The fourth-order valence-electron chi connectivity index (χ4n) is 2.14. The van der Waals surface area contributed by atoms with Gasteiger partial charge < -0.3 is 19.8 Å². The lowest BCUT2D eigenvalue weighted by Crippen LogP contribution is -2.28. The number of hydrogen-bond donors (Lipinski definition) is 2. The molecule has 3 rings (SSSR count). The Kier molecular flexibility index (Phi) is 5.08. The van der Waals surface area contributed by atoms with E-state index in [-0.39, 0.29) is 12.6 Å². The first-order valence-corrected chi connectivity index (χ1v) is 8.47. The predicted molar refractivity (Wildman–Crippen MR) is 95.9 cm³/mol. The summed E-state index contributed by atoms with van der Waals surface area (Å²) in [5.41, 5.74) is 1.53. The fourth-order valence-corrected chi connectivity index (χ4v) is 2.96. The number of carbonyl (C=O) groups excluding carboxylic acids is 1. The van der Waals surface area contributed by atoms with Crippen LogP contribution >= 0.6 is 22.9 Å². The number of rotatable bonds is 5. The third-order valence-electron chi connectivity index (χ3n) is 3.30. The molecule has 0 bridgehead atoms. The second-order valence-corrected chi connectivity index (χ2v) is 6.15. The zero-order valence-corrected chi connectivity index (χ0v) is 14.4. The zero-order valence-electron chi connectivity index (χ0n) is 12.8. The SMILES string of the molecule is COc1ccc(Cl)cc1NC(=O)NCc1ccc(-c2ccsc2)o1. The molecule has 5 nitrogen and oxygen atoms in total. The van der Waals surface area contributed by atoms with Crippen molar-refractivity contribution in [1.82, 2.24) is 5.32 Å². The van der Waals surface area contributed by atoms with Gasteiger partial charge in [0.1, 0.15) is 17.3 Å². The van der Waals surface area contributed by atoms with Crippen LogP contribution in [0.25, 0.3) is 11.3 Å². The minimum absolute atomic E-state index is 0.277. The van der Waals surface area contributed by atoms with E-state index in [0.29, 0.717) is 22.2 Å². The summed E-state index contributed by atoms with van der Waals surface area (Å²) < 4.78 is 10.9. The van der Waals surface area contributed by atoms with E-state index < -0.39 is 0 Å². The Morgan fingerprint density at radius 1 is 1.29 bits per heavy atom. The van der Waals surface area contributed by atoms with Crippen LogP contribution in [-0.4, -0.2) is 13.1 Å². The van der Waals surface area contributed by atoms with Gasteiger partial charge in [0.05, 0.1) is 19.3 Å². The minimum Gasteiger partial charge on any atom is -0.495 e. The number of amides is 2. The lowest BCUT2D eigenvalue weighted by molar-refractivity contribution is 0.250. The highest BCUT2D eigenvalue weighted by Gasteiger charge is 2.10. The van der Waals surface area contributed by atoms with E-state index in [4.69, 9.17) is 20.8 Å². The van der Waals surface area contributed by atoms with Crippen molar-refractivity contribution >= 4 is 34.7 Å².